The normalized spacial score (nSPS) is 10.6. The Morgan fingerprint density at radius 2 is 1.89 bits per heavy atom. The molecule has 0 radical (unpaired) electrons. The number of aliphatic hydroxyl groups is 1. The van der Waals surface area contributed by atoms with Crippen molar-refractivity contribution in [2.45, 2.75) is 40.0 Å². The van der Waals surface area contributed by atoms with Crippen LogP contribution in [0.1, 0.15) is 37.0 Å². The Labute approximate surface area is 167 Å². The predicted octanol–water partition coefficient (Wildman–Crippen LogP) is 4.65. The van der Waals surface area contributed by atoms with Crippen LogP contribution in [0.3, 0.4) is 0 Å². The van der Waals surface area contributed by atoms with Gasteiger partial charge in [-0.1, -0.05) is 50.3 Å². The van der Waals surface area contributed by atoms with E-state index in [1.54, 1.807) is 6.92 Å². The first-order chi connectivity index (χ1) is 13.5. The Kier molecular flexibility index (Phi) is 8.27. The number of carbonyl (C=O) groups is 1. The van der Waals surface area contributed by atoms with Gasteiger partial charge in [-0.2, -0.15) is 0 Å². The van der Waals surface area contributed by atoms with Crippen molar-refractivity contribution in [3.8, 4) is 16.9 Å². The maximum absolute atomic E-state index is 11.5. The van der Waals surface area contributed by atoms with Gasteiger partial charge in [0.15, 0.2) is 0 Å². The number of ether oxygens (including phenoxy) is 2. The molecule has 0 aromatic heterocycles. The summed E-state index contributed by atoms with van der Waals surface area (Å²) in [7, 11) is 0. The van der Waals surface area contributed by atoms with Crippen LogP contribution in [0.15, 0.2) is 48.6 Å². The number of esters is 1. The van der Waals surface area contributed by atoms with Gasteiger partial charge in [0.25, 0.3) is 0 Å². The molecule has 150 valence electrons. The molecule has 0 heterocycles. The van der Waals surface area contributed by atoms with Crippen molar-refractivity contribution in [2.24, 2.45) is 0 Å². The van der Waals surface area contributed by atoms with E-state index >= 15 is 0 Å². The predicted molar refractivity (Wildman–Crippen MR) is 113 cm³/mol. The highest BCUT2D eigenvalue weighted by Gasteiger charge is 2.10. The zero-order valence-electron chi connectivity index (χ0n) is 17.1. The smallest absolute Gasteiger partial charge is 0.333 e. The summed E-state index contributed by atoms with van der Waals surface area (Å²) < 4.78 is 10.9. The minimum Gasteiger partial charge on any atom is -0.490 e. The lowest BCUT2D eigenvalue weighted by molar-refractivity contribution is -0.139. The second-order valence-corrected chi connectivity index (χ2v) is 6.96. The third-order valence-corrected chi connectivity index (χ3v) is 4.51. The number of aliphatic hydroxyl groups excluding tert-OH is 1. The van der Waals surface area contributed by atoms with Crippen LogP contribution in [0.5, 0.6) is 5.75 Å². The van der Waals surface area contributed by atoms with Crippen molar-refractivity contribution in [1.82, 2.24) is 0 Å². The molecule has 0 unspecified atom stereocenters. The highest BCUT2D eigenvalue weighted by Crippen LogP contribution is 2.30. The highest BCUT2D eigenvalue weighted by molar-refractivity contribution is 5.86. The molecule has 2 aromatic carbocycles. The van der Waals surface area contributed by atoms with Gasteiger partial charge in [0.1, 0.15) is 19.0 Å². The second-order valence-electron chi connectivity index (χ2n) is 6.96. The van der Waals surface area contributed by atoms with Crippen molar-refractivity contribution in [1.29, 1.82) is 0 Å². The Balaban J connectivity index is 2.18. The fraction of sp³-hybridized carbons (Fsp3) is 0.375. The number of rotatable bonds is 10. The first-order valence-corrected chi connectivity index (χ1v) is 9.75. The van der Waals surface area contributed by atoms with Crippen molar-refractivity contribution in [3.05, 3.63) is 65.2 Å². The largest absolute Gasteiger partial charge is 0.490 e. The van der Waals surface area contributed by atoms with E-state index in [2.05, 4.69) is 44.7 Å². The van der Waals surface area contributed by atoms with Crippen molar-refractivity contribution >= 4 is 5.97 Å². The van der Waals surface area contributed by atoms with Crippen LogP contribution in [-0.2, 0) is 22.4 Å². The van der Waals surface area contributed by atoms with Crippen molar-refractivity contribution in [3.63, 3.8) is 0 Å². The van der Waals surface area contributed by atoms with Crippen LogP contribution in [0, 0.1) is 6.92 Å². The molecule has 0 saturated heterocycles. The quantitative estimate of drug-likeness (QED) is 0.369. The molecule has 0 fully saturated rings. The molecule has 0 bridgehead atoms. The van der Waals surface area contributed by atoms with Gasteiger partial charge in [0, 0.05) is 12.2 Å². The van der Waals surface area contributed by atoms with Gasteiger partial charge in [-0.3, -0.25) is 0 Å². The molecule has 0 amide bonds. The average Bonchev–Trinajstić information content (AvgIpc) is 2.66. The third kappa shape index (κ3) is 5.96. The fourth-order valence-corrected chi connectivity index (χ4v) is 3.09. The molecule has 0 aliphatic heterocycles. The average molecular weight is 383 g/mol. The molecule has 0 atom stereocenters. The van der Waals surface area contributed by atoms with E-state index in [4.69, 9.17) is 9.47 Å². The lowest BCUT2D eigenvalue weighted by atomic mass is 9.95. The van der Waals surface area contributed by atoms with E-state index in [0.29, 0.717) is 17.7 Å². The van der Waals surface area contributed by atoms with Crippen LogP contribution < -0.4 is 4.74 Å². The van der Waals surface area contributed by atoms with Gasteiger partial charge < -0.3 is 14.6 Å². The number of carbonyl (C=O) groups excluding carboxylic acids is 1. The zero-order valence-corrected chi connectivity index (χ0v) is 17.1. The third-order valence-electron chi connectivity index (χ3n) is 4.51. The van der Waals surface area contributed by atoms with E-state index in [-0.39, 0.29) is 19.8 Å². The zero-order chi connectivity index (χ0) is 20.5. The Morgan fingerprint density at radius 3 is 2.54 bits per heavy atom. The molecule has 0 saturated carbocycles. The molecule has 0 spiro atoms. The Bertz CT molecular complexity index is 823. The Morgan fingerprint density at radius 1 is 1.11 bits per heavy atom. The summed E-state index contributed by atoms with van der Waals surface area (Å²) in [6, 6.07) is 12.6. The topological polar surface area (TPSA) is 55.8 Å². The minimum atomic E-state index is -0.421. The van der Waals surface area contributed by atoms with Crippen LogP contribution in [-0.4, -0.2) is 30.9 Å². The van der Waals surface area contributed by atoms with Gasteiger partial charge in [0.2, 0.25) is 0 Å². The summed E-state index contributed by atoms with van der Waals surface area (Å²) in [5.41, 5.74) is 6.09. The summed E-state index contributed by atoms with van der Waals surface area (Å²) in [6.45, 7) is 9.91. The highest BCUT2D eigenvalue weighted by atomic mass is 16.6. The van der Waals surface area contributed by atoms with Gasteiger partial charge in [-0.05, 0) is 60.6 Å². The van der Waals surface area contributed by atoms with Gasteiger partial charge in [-0.15, -0.1) is 0 Å². The van der Waals surface area contributed by atoms with Crippen LogP contribution in [0.2, 0.25) is 0 Å². The standard InChI is InChI=1S/C24H30O4/c1-5-6-19-7-10-22(18(4)15-19)21-9-8-20(11-12-25)23(16-21)27-13-14-28-24(26)17(2)3/h7-10,15-16,25H,2,5-6,11-14H2,1,3-4H3. The van der Waals surface area contributed by atoms with Crippen LogP contribution in [0.25, 0.3) is 11.1 Å². The molecule has 4 heteroatoms. The molecule has 2 rings (SSSR count). The first kappa shape index (κ1) is 21.7. The number of aryl methyl sites for hydroxylation is 2. The summed E-state index contributed by atoms with van der Waals surface area (Å²) >= 11 is 0. The van der Waals surface area contributed by atoms with E-state index in [0.717, 1.165) is 29.5 Å². The molecule has 0 aliphatic carbocycles. The van der Waals surface area contributed by atoms with Gasteiger partial charge in [-0.25, -0.2) is 4.79 Å². The van der Waals surface area contributed by atoms with E-state index < -0.39 is 5.97 Å². The summed E-state index contributed by atoms with van der Waals surface area (Å²) in [6.07, 6.45) is 2.71. The maximum Gasteiger partial charge on any atom is 0.333 e. The molecule has 0 aliphatic rings. The fourth-order valence-electron chi connectivity index (χ4n) is 3.09. The molecular weight excluding hydrogens is 352 g/mol. The number of benzene rings is 2. The lowest BCUT2D eigenvalue weighted by Crippen LogP contribution is -2.13. The van der Waals surface area contributed by atoms with Gasteiger partial charge in [0.05, 0.1) is 0 Å². The van der Waals surface area contributed by atoms with Crippen LogP contribution in [0.4, 0.5) is 0 Å². The lowest BCUT2D eigenvalue weighted by Gasteiger charge is -2.15. The SMILES string of the molecule is C=C(C)C(=O)OCCOc1cc(-c2ccc(CCC)cc2C)ccc1CCO. The van der Waals surface area contributed by atoms with Gasteiger partial charge >= 0.3 is 5.97 Å². The molecule has 1 N–H and O–H groups in total. The molecule has 2 aromatic rings. The second kappa shape index (κ2) is 10.7. The number of hydrogen-bond donors (Lipinski definition) is 1. The monoisotopic (exact) mass is 382 g/mol. The van der Waals surface area contributed by atoms with E-state index in [9.17, 15) is 9.90 Å². The van der Waals surface area contributed by atoms with Crippen molar-refractivity contribution in [2.75, 3.05) is 19.8 Å². The summed E-state index contributed by atoms with van der Waals surface area (Å²) in [5, 5.41) is 9.33. The summed E-state index contributed by atoms with van der Waals surface area (Å²) in [4.78, 5) is 11.5. The molecular formula is C24H30O4. The first-order valence-electron chi connectivity index (χ1n) is 9.75. The molecule has 4 nitrogen and oxygen atoms in total. The van der Waals surface area contributed by atoms with E-state index in [1.165, 1.54) is 11.1 Å². The molecule has 28 heavy (non-hydrogen) atoms. The minimum absolute atomic E-state index is 0.0467. The van der Waals surface area contributed by atoms with Crippen molar-refractivity contribution < 1.29 is 19.4 Å². The van der Waals surface area contributed by atoms with E-state index in [1.807, 2.05) is 12.1 Å². The maximum atomic E-state index is 11.5. The van der Waals surface area contributed by atoms with Crippen LogP contribution >= 0.6 is 0 Å². The number of hydrogen-bond acceptors (Lipinski definition) is 4. The summed E-state index contributed by atoms with van der Waals surface area (Å²) in [5.74, 6) is 0.283. The Hall–Kier alpha value is -2.59.